The van der Waals surface area contributed by atoms with Crippen molar-refractivity contribution in [2.24, 2.45) is 11.8 Å². The third-order valence-corrected chi connectivity index (χ3v) is 7.19. The Balaban J connectivity index is 1.74. The van der Waals surface area contributed by atoms with Gasteiger partial charge in [0.1, 0.15) is 17.6 Å². The summed E-state index contributed by atoms with van der Waals surface area (Å²) in [5.41, 5.74) is -0.791. The van der Waals surface area contributed by atoms with Gasteiger partial charge < -0.3 is 24.8 Å². The molecule has 3 saturated heterocycles. The lowest BCUT2D eigenvalue weighted by molar-refractivity contribution is -0.159. The van der Waals surface area contributed by atoms with E-state index < -0.39 is 41.0 Å². The number of hydrogen-bond donors (Lipinski definition) is 2. The molecule has 9 heteroatoms. The number of carbonyl (C=O) groups excluding carboxylic acids is 3. The minimum atomic E-state index is -1.16. The smallest absolute Gasteiger partial charge is 0.312 e. The number of halogens is 1. The van der Waals surface area contributed by atoms with E-state index in [1.54, 1.807) is 26.0 Å². The van der Waals surface area contributed by atoms with Gasteiger partial charge >= 0.3 is 5.97 Å². The van der Waals surface area contributed by atoms with Gasteiger partial charge in [-0.25, -0.2) is 0 Å². The largest absolute Gasteiger partial charge is 0.466 e. The number of anilines is 1. The lowest BCUT2D eigenvalue weighted by atomic mass is 9.66. The Morgan fingerprint density at radius 1 is 1.39 bits per heavy atom. The van der Waals surface area contributed by atoms with Crippen LogP contribution in [-0.4, -0.2) is 64.8 Å². The van der Waals surface area contributed by atoms with Crippen molar-refractivity contribution in [2.45, 2.75) is 50.9 Å². The van der Waals surface area contributed by atoms with E-state index in [1.807, 2.05) is 13.0 Å². The van der Waals surface area contributed by atoms with Crippen molar-refractivity contribution in [1.29, 1.82) is 0 Å². The molecule has 3 aliphatic rings. The summed E-state index contributed by atoms with van der Waals surface area (Å²) in [6, 6.07) is 4.29. The van der Waals surface area contributed by atoms with Gasteiger partial charge in [-0.3, -0.25) is 14.4 Å². The van der Waals surface area contributed by atoms with Crippen LogP contribution in [0.4, 0.5) is 5.69 Å². The van der Waals surface area contributed by atoms with Crippen LogP contribution in [-0.2, 0) is 23.9 Å². The van der Waals surface area contributed by atoms with Gasteiger partial charge in [0.05, 0.1) is 35.4 Å². The molecule has 2 N–H and O–H groups in total. The minimum absolute atomic E-state index is 0.0354. The average molecular weight is 451 g/mol. The molecule has 1 aromatic rings. The van der Waals surface area contributed by atoms with E-state index in [2.05, 4.69) is 5.32 Å². The lowest BCUT2D eigenvalue weighted by Crippen LogP contribution is -2.53. The van der Waals surface area contributed by atoms with Crippen molar-refractivity contribution >= 4 is 35.1 Å². The highest BCUT2D eigenvalue weighted by atomic mass is 35.5. The maximum atomic E-state index is 13.5. The number of aliphatic hydroxyl groups excluding tert-OH is 1. The Labute approximate surface area is 185 Å². The Morgan fingerprint density at radius 2 is 2.13 bits per heavy atom. The molecule has 2 bridgehead atoms. The maximum Gasteiger partial charge on any atom is 0.312 e. The van der Waals surface area contributed by atoms with Crippen molar-refractivity contribution in [3.63, 3.8) is 0 Å². The third-order valence-electron chi connectivity index (χ3n) is 6.88. The average Bonchev–Trinajstić information content (AvgIpc) is 3.27. The molecule has 0 aliphatic carbocycles. The highest BCUT2D eigenvalue weighted by Crippen LogP contribution is 2.63. The lowest BCUT2D eigenvalue weighted by Gasteiger charge is -2.33. The number of hydrogen-bond acceptors (Lipinski definition) is 6. The standard InChI is InChI=1S/C22H27ClN2O6/c1-4-30-20(29)15-14-19(28)25(10-11-26)17(22(14)9-8-21(15,3)31-22)18(27)24-16-12(2)6-5-7-13(16)23/h5-7,14-15,17,26H,4,8-11H2,1-3H3,(H,24,27)/t14-,15+,17?,21-,22?/m0/s1. The topological polar surface area (TPSA) is 105 Å². The number of carbonyl (C=O) groups is 3. The fraction of sp³-hybridized carbons (Fsp3) is 0.591. The molecular weight excluding hydrogens is 424 g/mol. The number of amides is 2. The molecule has 4 rings (SSSR count). The number of aliphatic hydroxyl groups is 1. The van der Waals surface area contributed by atoms with E-state index in [0.29, 0.717) is 23.6 Å². The van der Waals surface area contributed by atoms with Crippen LogP contribution in [0.25, 0.3) is 0 Å². The van der Waals surface area contributed by atoms with Crippen molar-refractivity contribution in [3.8, 4) is 0 Å². The monoisotopic (exact) mass is 450 g/mol. The quantitative estimate of drug-likeness (QED) is 0.641. The molecule has 5 atom stereocenters. The fourth-order valence-corrected chi connectivity index (χ4v) is 5.91. The Morgan fingerprint density at radius 3 is 2.77 bits per heavy atom. The molecule has 1 spiro atoms. The number of para-hydroxylation sites is 1. The van der Waals surface area contributed by atoms with E-state index in [1.165, 1.54) is 4.90 Å². The van der Waals surface area contributed by atoms with Crippen molar-refractivity contribution in [2.75, 3.05) is 25.1 Å². The summed E-state index contributed by atoms with van der Waals surface area (Å²) >= 11 is 6.29. The number of nitrogens with one attached hydrogen (secondary N) is 1. The van der Waals surface area contributed by atoms with Crippen LogP contribution >= 0.6 is 11.6 Å². The second-order valence-electron chi connectivity index (χ2n) is 8.66. The number of rotatable bonds is 6. The molecular formula is C22H27ClN2O6. The second-order valence-corrected chi connectivity index (χ2v) is 9.06. The van der Waals surface area contributed by atoms with Crippen LogP contribution in [0.5, 0.6) is 0 Å². The van der Waals surface area contributed by atoms with Crippen LogP contribution in [0.3, 0.4) is 0 Å². The molecule has 8 nitrogen and oxygen atoms in total. The van der Waals surface area contributed by atoms with Gasteiger partial charge in [0.15, 0.2) is 0 Å². The maximum absolute atomic E-state index is 13.5. The Hall–Kier alpha value is -2.16. The summed E-state index contributed by atoms with van der Waals surface area (Å²) in [6.45, 7) is 5.18. The number of aryl methyl sites for hydroxylation is 1. The summed E-state index contributed by atoms with van der Waals surface area (Å²) in [5, 5.41) is 12.8. The van der Waals surface area contributed by atoms with Crippen molar-refractivity contribution < 1.29 is 29.0 Å². The first kappa shape index (κ1) is 22.0. The van der Waals surface area contributed by atoms with E-state index in [-0.39, 0.29) is 25.7 Å². The summed E-state index contributed by atoms with van der Waals surface area (Å²) in [7, 11) is 0. The van der Waals surface area contributed by atoms with Crippen molar-refractivity contribution in [3.05, 3.63) is 28.8 Å². The number of likely N-dealkylation sites (tertiary alicyclic amines) is 1. The molecule has 2 amide bonds. The minimum Gasteiger partial charge on any atom is -0.466 e. The van der Waals surface area contributed by atoms with Gasteiger partial charge in [-0.1, -0.05) is 23.7 Å². The number of β-amino-alcohol motifs (C(OH)–C–C–N with tert-alkyl or cyclic N) is 1. The van der Waals surface area contributed by atoms with Gasteiger partial charge in [-0.2, -0.15) is 0 Å². The molecule has 31 heavy (non-hydrogen) atoms. The van der Waals surface area contributed by atoms with E-state index in [9.17, 15) is 19.5 Å². The molecule has 2 unspecified atom stereocenters. The van der Waals surface area contributed by atoms with Crippen LogP contribution in [0.15, 0.2) is 18.2 Å². The zero-order chi connectivity index (χ0) is 22.6. The number of ether oxygens (including phenoxy) is 2. The predicted molar refractivity (Wildman–Crippen MR) is 112 cm³/mol. The van der Waals surface area contributed by atoms with Crippen LogP contribution in [0.2, 0.25) is 5.02 Å². The summed E-state index contributed by atoms with van der Waals surface area (Å²) < 4.78 is 11.6. The summed E-state index contributed by atoms with van der Waals surface area (Å²) in [6.07, 6.45) is 0.986. The molecule has 3 fully saturated rings. The molecule has 3 heterocycles. The van der Waals surface area contributed by atoms with Gasteiger partial charge in [-0.05, 0) is 45.2 Å². The van der Waals surface area contributed by atoms with E-state index in [0.717, 1.165) is 5.56 Å². The predicted octanol–water partition coefficient (Wildman–Crippen LogP) is 1.91. The summed E-state index contributed by atoms with van der Waals surface area (Å²) in [4.78, 5) is 41.1. The van der Waals surface area contributed by atoms with Gasteiger partial charge in [0.25, 0.3) is 0 Å². The molecule has 0 aromatic heterocycles. The Kier molecular flexibility index (Phi) is 5.52. The first-order valence-electron chi connectivity index (χ1n) is 10.5. The molecule has 1 aromatic carbocycles. The zero-order valence-corrected chi connectivity index (χ0v) is 18.6. The third kappa shape index (κ3) is 3.15. The number of benzene rings is 1. The van der Waals surface area contributed by atoms with Crippen molar-refractivity contribution in [1.82, 2.24) is 4.90 Å². The molecule has 0 saturated carbocycles. The summed E-state index contributed by atoms with van der Waals surface area (Å²) in [5.74, 6) is -2.94. The van der Waals surface area contributed by atoms with Gasteiger partial charge in [0.2, 0.25) is 11.8 Å². The fourth-order valence-electron chi connectivity index (χ4n) is 5.65. The zero-order valence-electron chi connectivity index (χ0n) is 17.8. The SMILES string of the molecule is CCOC(=O)[C@H]1[C@H]2C(=O)N(CCO)C(C(=O)Nc3c(C)cccc3Cl)C23CC[C@]1(C)O3. The highest BCUT2D eigenvalue weighted by molar-refractivity contribution is 6.34. The van der Waals surface area contributed by atoms with E-state index in [4.69, 9.17) is 21.1 Å². The molecule has 3 aliphatic heterocycles. The number of fused-ring (bicyclic) bond motifs is 1. The molecule has 0 radical (unpaired) electrons. The van der Waals surface area contributed by atoms with Crippen LogP contribution in [0.1, 0.15) is 32.3 Å². The van der Waals surface area contributed by atoms with Gasteiger partial charge in [-0.15, -0.1) is 0 Å². The number of nitrogens with zero attached hydrogens (tertiary/aromatic N) is 1. The van der Waals surface area contributed by atoms with E-state index >= 15 is 0 Å². The first-order valence-corrected chi connectivity index (χ1v) is 10.9. The van der Waals surface area contributed by atoms with Crippen LogP contribution < -0.4 is 5.32 Å². The highest BCUT2D eigenvalue weighted by Gasteiger charge is 2.78. The first-order chi connectivity index (χ1) is 14.7. The van der Waals surface area contributed by atoms with Crippen LogP contribution in [0, 0.1) is 18.8 Å². The second kappa shape index (κ2) is 7.76. The Bertz CT molecular complexity index is 918. The number of esters is 1. The normalized spacial score (nSPS) is 33.5. The van der Waals surface area contributed by atoms with Gasteiger partial charge in [0, 0.05) is 6.54 Å². The molecule has 168 valence electrons.